The molecule has 0 saturated carbocycles. The number of rotatable bonds is 2. The van der Waals surface area contributed by atoms with Crippen molar-refractivity contribution < 1.29 is 19.0 Å². The molecule has 1 N–H and O–H groups in total. The fraction of sp³-hybridized carbons (Fsp3) is 0.538. The molecule has 0 aromatic carbocycles. The predicted octanol–water partition coefficient (Wildman–Crippen LogP) is 1.49. The first-order chi connectivity index (χ1) is 9.32. The fourth-order valence-corrected chi connectivity index (χ4v) is 2.47. The number of carbonyl (C=O) groups excluding carboxylic acids is 1. The third kappa shape index (κ3) is 3.26. The van der Waals surface area contributed by atoms with Crippen molar-refractivity contribution in [3.05, 3.63) is 28.8 Å². The van der Waals surface area contributed by atoms with E-state index in [0.717, 1.165) is 12.3 Å². The summed E-state index contributed by atoms with van der Waals surface area (Å²) >= 11 is 5.85. The van der Waals surface area contributed by atoms with Crippen LogP contribution in [0.25, 0.3) is 0 Å². The number of ether oxygens (including phenoxy) is 1. The Morgan fingerprint density at radius 1 is 1.70 bits per heavy atom. The number of aromatic nitrogens is 1. The summed E-state index contributed by atoms with van der Waals surface area (Å²) in [7, 11) is 0. The average molecular weight is 303 g/mol. The molecule has 110 valence electrons. The molecule has 1 aromatic heterocycles. The van der Waals surface area contributed by atoms with E-state index in [1.807, 2.05) is 13.8 Å². The first-order valence-electron chi connectivity index (χ1n) is 6.21. The number of hydrogen-bond donors (Lipinski definition) is 1. The van der Waals surface area contributed by atoms with E-state index in [2.05, 4.69) is 4.98 Å². The van der Waals surface area contributed by atoms with Crippen LogP contribution in [0.15, 0.2) is 12.3 Å². The lowest BCUT2D eigenvalue weighted by Gasteiger charge is -2.42. The van der Waals surface area contributed by atoms with Crippen molar-refractivity contribution in [3.63, 3.8) is 0 Å². The van der Waals surface area contributed by atoms with Gasteiger partial charge in [-0.2, -0.15) is 0 Å². The molecule has 1 unspecified atom stereocenters. The lowest BCUT2D eigenvalue weighted by Crippen LogP contribution is -2.55. The summed E-state index contributed by atoms with van der Waals surface area (Å²) in [5.41, 5.74) is -0.574. The van der Waals surface area contributed by atoms with Crippen molar-refractivity contribution >= 4 is 17.5 Å². The van der Waals surface area contributed by atoms with Crippen LogP contribution in [0.4, 0.5) is 4.39 Å². The third-order valence-corrected chi connectivity index (χ3v) is 3.31. The van der Waals surface area contributed by atoms with Crippen LogP contribution in [0, 0.1) is 5.82 Å². The molecule has 7 heteroatoms. The van der Waals surface area contributed by atoms with E-state index in [4.69, 9.17) is 16.3 Å². The van der Waals surface area contributed by atoms with Crippen LogP contribution in [-0.4, -0.2) is 52.3 Å². The third-order valence-electron chi connectivity index (χ3n) is 3.01. The molecule has 2 rings (SSSR count). The van der Waals surface area contributed by atoms with Gasteiger partial charge in [-0.3, -0.25) is 4.79 Å². The van der Waals surface area contributed by atoms with Gasteiger partial charge in [0.2, 0.25) is 0 Å². The van der Waals surface area contributed by atoms with Crippen molar-refractivity contribution in [2.24, 2.45) is 0 Å². The molecular formula is C13H16ClFN2O3. The molecule has 1 aliphatic heterocycles. The number of hydrogen-bond acceptors (Lipinski definition) is 4. The van der Waals surface area contributed by atoms with E-state index in [9.17, 15) is 14.3 Å². The minimum Gasteiger partial charge on any atom is -0.394 e. The molecule has 0 aliphatic carbocycles. The van der Waals surface area contributed by atoms with Gasteiger partial charge in [0.15, 0.2) is 0 Å². The lowest BCUT2D eigenvalue weighted by molar-refractivity contribution is -0.139. The Hall–Kier alpha value is -1.24. The zero-order valence-corrected chi connectivity index (χ0v) is 12.0. The minimum atomic E-state index is -0.621. The summed E-state index contributed by atoms with van der Waals surface area (Å²) in [5.74, 6) is -1.04. The standard InChI is InChI=1S/C13H16ClFN2O3/c1-13(2)7-17(5-9(6-18)20-13)12(19)10-3-8(15)4-16-11(10)14/h3-4,9,18H,5-7H2,1-2H3. The van der Waals surface area contributed by atoms with Crippen LogP contribution >= 0.6 is 11.6 Å². The van der Waals surface area contributed by atoms with Crippen LogP contribution in [-0.2, 0) is 4.74 Å². The maximum atomic E-state index is 13.2. The van der Waals surface area contributed by atoms with E-state index in [1.54, 1.807) is 0 Å². The van der Waals surface area contributed by atoms with Crippen LogP contribution in [0.1, 0.15) is 24.2 Å². The summed E-state index contributed by atoms with van der Waals surface area (Å²) in [6, 6.07) is 1.06. The molecule has 0 bridgehead atoms. The van der Waals surface area contributed by atoms with Crippen molar-refractivity contribution in [2.45, 2.75) is 25.6 Å². The zero-order chi connectivity index (χ0) is 14.9. The lowest BCUT2D eigenvalue weighted by atomic mass is 10.0. The summed E-state index contributed by atoms with van der Waals surface area (Å²) in [6.45, 7) is 4.00. The molecule has 20 heavy (non-hydrogen) atoms. The summed E-state index contributed by atoms with van der Waals surface area (Å²) in [5, 5.41) is 9.19. The Balaban J connectivity index is 2.25. The number of carbonyl (C=O) groups is 1. The van der Waals surface area contributed by atoms with Crippen LogP contribution in [0.3, 0.4) is 0 Å². The number of aliphatic hydroxyl groups is 1. The molecule has 1 atom stereocenters. The molecular weight excluding hydrogens is 287 g/mol. The maximum Gasteiger partial charge on any atom is 0.257 e. The molecule has 5 nitrogen and oxygen atoms in total. The van der Waals surface area contributed by atoms with E-state index in [1.165, 1.54) is 4.90 Å². The van der Waals surface area contributed by atoms with Gasteiger partial charge >= 0.3 is 0 Å². The number of aliphatic hydroxyl groups excluding tert-OH is 1. The van der Waals surface area contributed by atoms with Crippen molar-refractivity contribution in [2.75, 3.05) is 19.7 Å². The Kier molecular flexibility index (Phi) is 4.27. The van der Waals surface area contributed by atoms with Gasteiger partial charge in [-0.05, 0) is 19.9 Å². The smallest absolute Gasteiger partial charge is 0.257 e. The highest BCUT2D eigenvalue weighted by atomic mass is 35.5. The normalized spacial score (nSPS) is 21.9. The molecule has 1 saturated heterocycles. The second-order valence-corrected chi connectivity index (χ2v) is 5.72. The van der Waals surface area contributed by atoms with Crippen LogP contribution in [0.5, 0.6) is 0 Å². The van der Waals surface area contributed by atoms with E-state index < -0.39 is 23.4 Å². The molecule has 1 amide bonds. The SMILES string of the molecule is CC1(C)CN(C(=O)c2cc(F)cnc2Cl)CC(CO)O1. The minimum absolute atomic E-state index is 0.0149. The second kappa shape index (κ2) is 5.63. The predicted molar refractivity (Wildman–Crippen MR) is 71.1 cm³/mol. The largest absolute Gasteiger partial charge is 0.394 e. The molecule has 0 radical (unpaired) electrons. The Labute approximate surface area is 121 Å². The first kappa shape index (κ1) is 15.2. The monoisotopic (exact) mass is 302 g/mol. The van der Waals surface area contributed by atoms with Gasteiger partial charge in [0.05, 0.1) is 30.1 Å². The van der Waals surface area contributed by atoms with Gasteiger partial charge in [-0.1, -0.05) is 11.6 Å². The number of nitrogens with zero attached hydrogens (tertiary/aromatic N) is 2. The van der Waals surface area contributed by atoms with Crippen molar-refractivity contribution in [1.29, 1.82) is 0 Å². The van der Waals surface area contributed by atoms with Crippen molar-refractivity contribution in [1.82, 2.24) is 9.88 Å². The molecule has 1 fully saturated rings. The zero-order valence-electron chi connectivity index (χ0n) is 11.3. The highest BCUT2D eigenvalue weighted by Crippen LogP contribution is 2.24. The van der Waals surface area contributed by atoms with Gasteiger partial charge in [-0.15, -0.1) is 0 Å². The Morgan fingerprint density at radius 3 is 3.05 bits per heavy atom. The van der Waals surface area contributed by atoms with Gasteiger partial charge in [-0.25, -0.2) is 9.37 Å². The summed E-state index contributed by atoms with van der Waals surface area (Å²) in [6.07, 6.45) is 0.488. The highest BCUT2D eigenvalue weighted by Gasteiger charge is 2.36. The Bertz CT molecular complexity index is 524. The molecule has 2 heterocycles. The maximum absolute atomic E-state index is 13.2. The average Bonchev–Trinajstić information content (AvgIpc) is 2.38. The molecule has 1 aromatic rings. The molecule has 1 aliphatic rings. The van der Waals surface area contributed by atoms with Gasteiger partial charge in [0, 0.05) is 13.1 Å². The second-order valence-electron chi connectivity index (χ2n) is 5.36. The highest BCUT2D eigenvalue weighted by molar-refractivity contribution is 6.32. The molecule has 0 spiro atoms. The summed E-state index contributed by atoms with van der Waals surface area (Å²) in [4.78, 5) is 17.5. The topological polar surface area (TPSA) is 62.7 Å². The Morgan fingerprint density at radius 2 is 2.40 bits per heavy atom. The first-order valence-corrected chi connectivity index (χ1v) is 6.59. The number of amides is 1. The van der Waals surface area contributed by atoms with Gasteiger partial charge in [0.1, 0.15) is 11.0 Å². The van der Waals surface area contributed by atoms with Gasteiger partial charge in [0.25, 0.3) is 5.91 Å². The van der Waals surface area contributed by atoms with Crippen molar-refractivity contribution in [3.8, 4) is 0 Å². The number of halogens is 2. The van der Waals surface area contributed by atoms with E-state index in [-0.39, 0.29) is 23.9 Å². The van der Waals surface area contributed by atoms with Gasteiger partial charge < -0.3 is 14.7 Å². The number of morpholine rings is 1. The van der Waals surface area contributed by atoms with E-state index >= 15 is 0 Å². The van der Waals surface area contributed by atoms with E-state index in [0.29, 0.717) is 6.54 Å². The van der Waals surface area contributed by atoms with Crippen LogP contribution < -0.4 is 0 Å². The van der Waals surface area contributed by atoms with Crippen LogP contribution in [0.2, 0.25) is 5.15 Å². The summed E-state index contributed by atoms with van der Waals surface area (Å²) < 4.78 is 18.8. The fourth-order valence-electron chi connectivity index (χ4n) is 2.29. The number of pyridine rings is 1. The quantitative estimate of drug-likeness (QED) is 0.841.